The number of hydrogen-bond donors (Lipinski definition) is 0. The number of thiophene rings is 1. The number of aromatic nitrogens is 3. The maximum atomic E-state index is 5.32. The molecule has 0 unspecified atom stereocenters. The van der Waals surface area contributed by atoms with Crippen molar-refractivity contribution in [1.29, 1.82) is 0 Å². The molecule has 54 heavy (non-hydrogen) atoms. The van der Waals surface area contributed by atoms with Gasteiger partial charge in [-0.15, -0.1) is 11.3 Å². The fourth-order valence-electron chi connectivity index (χ4n) is 7.95. The largest absolute Gasteiger partial charge is 0.208 e. The van der Waals surface area contributed by atoms with Crippen LogP contribution in [-0.4, -0.2) is 15.0 Å². The van der Waals surface area contributed by atoms with Gasteiger partial charge in [-0.3, -0.25) is 0 Å². The smallest absolute Gasteiger partial charge is 0.174 e. The van der Waals surface area contributed by atoms with Crippen LogP contribution in [0.3, 0.4) is 0 Å². The van der Waals surface area contributed by atoms with Gasteiger partial charge < -0.3 is 0 Å². The molecule has 3 nitrogen and oxygen atoms in total. The standard InChI is InChI=1S/C50H33N3S/c1-6-18-34(19-7-1)37-30-38(35-20-8-2-9-21-35)32-39(31-37)48-51-47(36-22-10-3-11-23-36)52-49(53-48)45-33-43-42-28-16-17-29-44(42)50(46(43)54-45,40-24-12-4-13-25-40)41-26-14-5-15-27-41/h1-33H. The molecule has 9 aromatic rings. The third kappa shape index (κ3) is 5.39. The highest BCUT2D eigenvalue weighted by Gasteiger charge is 2.47. The third-order valence-corrected chi connectivity index (χ3v) is 11.7. The van der Waals surface area contributed by atoms with E-state index >= 15 is 0 Å². The lowest BCUT2D eigenvalue weighted by molar-refractivity contribution is 0.785. The molecule has 7 aromatic carbocycles. The van der Waals surface area contributed by atoms with Gasteiger partial charge in [0.15, 0.2) is 17.5 Å². The highest BCUT2D eigenvalue weighted by Crippen LogP contribution is 2.59. The molecule has 10 rings (SSSR count). The summed E-state index contributed by atoms with van der Waals surface area (Å²) in [6.07, 6.45) is 0. The van der Waals surface area contributed by atoms with Crippen LogP contribution in [-0.2, 0) is 5.41 Å². The first-order valence-corrected chi connectivity index (χ1v) is 19.0. The van der Waals surface area contributed by atoms with Crippen LogP contribution in [0.5, 0.6) is 0 Å². The molecule has 0 saturated carbocycles. The Hall–Kier alpha value is -6.75. The molecular formula is C50H33N3S. The second-order valence-electron chi connectivity index (χ2n) is 13.6. The van der Waals surface area contributed by atoms with Gasteiger partial charge in [0.1, 0.15) is 0 Å². The van der Waals surface area contributed by atoms with Crippen molar-refractivity contribution in [2.24, 2.45) is 0 Å². The summed E-state index contributed by atoms with van der Waals surface area (Å²) in [5.74, 6) is 1.95. The Labute approximate surface area is 319 Å². The Morgan fingerprint density at radius 3 is 1.31 bits per heavy atom. The number of hydrogen-bond acceptors (Lipinski definition) is 4. The Kier molecular flexibility index (Phi) is 7.89. The second kappa shape index (κ2) is 13.3. The summed E-state index contributed by atoms with van der Waals surface area (Å²) in [5.41, 5.74) is 12.1. The normalized spacial score (nSPS) is 12.6. The van der Waals surface area contributed by atoms with Gasteiger partial charge in [0, 0.05) is 16.0 Å². The minimum atomic E-state index is -0.482. The maximum Gasteiger partial charge on any atom is 0.174 e. The van der Waals surface area contributed by atoms with Gasteiger partial charge in [-0.05, 0) is 74.3 Å². The zero-order valence-corrected chi connectivity index (χ0v) is 30.1. The van der Waals surface area contributed by atoms with E-state index in [2.05, 4.69) is 182 Å². The van der Waals surface area contributed by atoms with Gasteiger partial charge in [-0.1, -0.05) is 176 Å². The molecule has 0 atom stereocenters. The minimum absolute atomic E-state index is 0.482. The van der Waals surface area contributed by atoms with Gasteiger partial charge in [-0.25, -0.2) is 15.0 Å². The van der Waals surface area contributed by atoms with Crippen molar-refractivity contribution < 1.29 is 0 Å². The van der Waals surface area contributed by atoms with E-state index in [1.165, 1.54) is 32.7 Å². The van der Waals surface area contributed by atoms with E-state index in [0.29, 0.717) is 17.5 Å². The van der Waals surface area contributed by atoms with E-state index in [9.17, 15) is 0 Å². The molecule has 2 heterocycles. The zero-order valence-electron chi connectivity index (χ0n) is 29.3. The highest BCUT2D eigenvalue weighted by atomic mass is 32.1. The van der Waals surface area contributed by atoms with E-state index in [1.807, 2.05) is 18.2 Å². The van der Waals surface area contributed by atoms with Gasteiger partial charge in [0.25, 0.3) is 0 Å². The van der Waals surface area contributed by atoms with Crippen molar-refractivity contribution in [3.63, 3.8) is 0 Å². The van der Waals surface area contributed by atoms with Crippen LogP contribution in [0.25, 0.3) is 66.9 Å². The van der Waals surface area contributed by atoms with Crippen molar-refractivity contribution >= 4 is 11.3 Å². The maximum absolute atomic E-state index is 5.32. The van der Waals surface area contributed by atoms with Crippen molar-refractivity contribution in [1.82, 2.24) is 15.0 Å². The van der Waals surface area contributed by atoms with E-state index < -0.39 is 5.41 Å². The second-order valence-corrected chi connectivity index (χ2v) is 14.6. The third-order valence-electron chi connectivity index (χ3n) is 10.4. The fourth-order valence-corrected chi connectivity index (χ4v) is 9.30. The molecule has 0 aliphatic heterocycles. The highest BCUT2D eigenvalue weighted by molar-refractivity contribution is 7.16. The average molecular weight is 708 g/mol. The Morgan fingerprint density at radius 1 is 0.333 bits per heavy atom. The topological polar surface area (TPSA) is 38.7 Å². The van der Waals surface area contributed by atoms with E-state index in [4.69, 9.17) is 15.0 Å². The van der Waals surface area contributed by atoms with Gasteiger partial charge in [0.2, 0.25) is 0 Å². The predicted octanol–water partition coefficient (Wildman–Crippen LogP) is 12.6. The molecule has 0 amide bonds. The van der Waals surface area contributed by atoms with Crippen molar-refractivity contribution in [3.05, 3.63) is 222 Å². The monoisotopic (exact) mass is 707 g/mol. The Morgan fingerprint density at radius 2 is 0.759 bits per heavy atom. The lowest BCUT2D eigenvalue weighted by atomic mass is 9.71. The molecule has 0 N–H and O–H groups in total. The molecule has 0 saturated heterocycles. The number of fused-ring (bicyclic) bond motifs is 3. The molecule has 0 fully saturated rings. The Balaban J connectivity index is 1.21. The molecule has 2 aromatic heterocycles. The summed E-state index contributed by atoms with van der Waals surface area (Å²) >= 11 is 1.78. The van der Waals surface area contributed by atoms with Gasteiger partial charge >= 0.3 is 0 Å². The summed E-state index contributed by atoms with van der Waals surface area (Å²) in [6, 6.07) is 70.9. The zero-order chi connectivity index (χ0) is 35.9. The molecule has 0 bridgehead atoms. The van der Waals surface area contributed by atoms with Crippen LogP contribution >= 0.6 is 11.3 Å². The lowest BCUT2D eigenvalue weighted by Crippen LogP contribution is -2.27. The number of benzene rings is 7. The molecule has 1 aliphatic carbocycles. The van der Waals surface area contributed by atoms with Crippen molar-refractivity contribution in [2.45, 2.75) is 5.41 Å². The summed E-state index contributed by atoms with van der Waals surface area (Å²) in [6.45, 7) is 0. The van der Waals surface area contributed by atoms with Crippen LogP contribution in [0, 0.1) is 0 Å². The molecule has 4 heteroatoms. The van der Waals surface area contributed by atoms with E-state index in [1.54, 1.807) is 11.3 Å². The predicted molar refractivity (Wildman–Crippen MR) is 222 cm³/mol. The quantitative estimate of drug-likeness (QED) is 0.166. The first-order valence-electron chi connectivity index (χ1n) is 18.2. The van der Waals surface area contributed by atoms with E-state index in [0.717, 1.165) is 38.3 Å². The van der Waals surface area contributed by atoms with Crippen LogP contribution in [0.2, 0.25) is 0 Å². The summed E-state index contributed by atoms with van der Waals surface area (Å²) in [4.78, 5) is 18.0. The van der Waals surface area contributed by atoms with Crippen molar-refractivity contribution in [2.75, 3.05) is 0 Å². The minimum Gasteiger partial charge on any atom is -0.208 e. The Bertz CT molecular complexity index is 2650. The lowest BCUT2D eigenvalue weighted by Gasteiger charge is -2.32. The first-order chi connectivity index (χ1) is 26.8. The van der Waals surface area contributed by atoms with Crippen LogP contribution in [0.4, 0.5) is 0 Å². The summed E-state index contributed by atoms with van der Waals surface area (Å²) < 4.78 is 0. The van der Waals surface area contributed by atoms with Crippen LogP contribution in [0.15, 0.2) is 200 Å². The van der Waals surface area contributed by atoms with E-state index in [-0.39, 0.29) is 0 Å². The molecule has 1 aliphatic rings. The van der Waals surface area contributed by atoms with Crippen LogP contribution < -0.4 is 0 Å². The number of nitrogens with zero attached hydrogens (tertiary/aromatic N) is 3. The summed E-state index contributed by atoms with van der Waals surface area (Å²) in [5, 5.41) is 0. The first kappa shape index (κ1) is 31.9. The number of rotatable bonds is 7. The van der Waals surface area contributed by atoms with Gasteiger partial charge in [-0.2, -0.15) is 0 Å². The van der Waals surface area contributed by atoms with Gasteiger partial charge in [0.05, 0.1) is 10.3 Å². The SMILES string of the molecule is c1ccc(-c2cc(-c3ccccc3)cc(-c3nc(-c4ccccc4)nc(-c4cc5c(s4)C(c4ccccc4)(c4ccccc4)c4ccccc4-5)n3)c2)cc1. The molecule has 0 radical (unpaired) electrons. The summed E-state index contributed by atoms with van der Waals surface area (Å²) in [7, 11) is 0. The fraction of sp³-hybridized carbons (Fsp3) is 0.0200. The molecule has 0 spiro atoms. The molecule has 254 valence electrons. The molecular weight excluding hydrogens is 675 g/mol. The van der Waals surface area contributed by atoms with Crippen molar-refractivity contribution in [3.8, 4) is 66.9 Å². The average Bonchev–Trinajstić information content (AvgIpc) is 3.82. The van der Waals surface area contributed by atoms with Crippen LogP contribution in [0.1, 0.15) is 21.6 Å².